The molecule has 0 bridgehead atoms. The molecule has 1 atom stereocenters. The largest absolute Gasteiger partial charge is 0.493 e. The molecule has 4 rings (SSSR count). The van der Waals surface area contributed by atoms with Gasteiger partial charge in [0.1, 0.15) is 5.60 Å². The molecule has 1 aromatic carbocycles. The number of amides is 2. The van der Waals surface area contributed by atoms with E-state index in [0.717, 1.165) is 5.70 Å². The van der Waals surface area contributed by atoms with E-state index in [1.165, 1.54) is 11.8 Å². The van der Waals surface area contributed by atoms with Gasteiger partial charge in [0.2, 0.25) is 11.8 Å². The first-order valence-corrected chi connectivity index (χ1v) is 13.7. The fourth-order valence-corrected chi connectivity index (χ4v) is 5.89. The topological polar surface area (TPSA) is 101 Å². The second-order valence-corrected chi connectivity index (χ2v) is 11.4. The maximum Gasteiger partial charge on any atom is 0.338 e. The van der Waals surface area contributed by atoms with Crippen LogP contribution in [0.1, 0.15) is 52.6 Å². The lowest BCUT2D eigenvalue weighted by atomic mass is 9.92. The van der Waals surface area contributed by atoms with E-state index in [2.05, 4.69) is 0 Å². The molecule has 3 aliphatic rings. The Hall–Kier alpha value is -3.47. The molecule has 3 heterocycles. The molecule has 3 aliphatic heterocycles. The third kappa shape index (κ3) is 5.93. The van der Waals surface area contributed by atoms with Gasteiger partial charge < -0.3 is 28.9 Å². The Morgan fingerprint density at radius 2 is 1.72 bits per heavy atom. The van der Waals surface area contributed by atoms with Gasteiger partial charge in [0.25, 0.3) is 0 Å². The molecule has 0 aromatic heterocycles. The smallest absolute Gasteiger partial charge is 0.338 e. The quantitative estimate of drug-likeness (QED) is 0.489. The fourth-order valence-electron chi connectivity index (χ4n) is 4.92. The van der Waals surface area contributed by atoms with Gasteiger partial charge in [-0.15, -0.1) is 0 Å². The number of aliphatic imine (C=N–C) groups is 1. The highest BCUT2D eigenvalue weighted by Gasteiger charge is 2.43. The normalized spacial score (nSPS) is 19.4. The van der Waals surface area contributed by atoms with Crippen LogP contribution in [-0.4, -0.2) is 83.7 Å². The van der Waals surface area contributed by atoms with Crippen LogP contribution in [0.5, 0.6) is 11.5 Å². The summed E-state index contributed by atoms with van der Waals surface area (Å²) in [6.07, 6.45) is 0.121. The van der Waals surface area contributed by atoms with Crippen LogP contribution in [-0.2, 0) is 19.1 Å². The molecule has 1 fully saturated rings. The van der Waals surface area contributed by atoms with Gasteiger partial charge >= 0.3 is 5.97 Å². The first-order valence-electron chi connectivity index (χ1n) is 12.9. The van der Waals surface area contributed by atoms with Crippen LogP contribution in [0, 0.1) is 0 Å². The van der Waals surface area contributed by atoms with Crippen molar-refractivity contribution in [2.24, 2.45) is 4.99 Å². The Balaban J connectivity index is 1.71. The molecule has 0 radical (unpaired) electrons. The Labute approximate surface area is 233 Å². The van der Waals surface area contributed by atoms with Crippen LogP contribution >= 0.6 is 11.8 Å². The minimum absolute atomic E-state index is 0.0121. The van der Waals surface area contributed by atoms with Crippen molar-refractivity contribution < 1.29 is 28.6 Å². The average Bonchev–Trinajstić information content (AvgIpc) is 3.27. The highest BCUT2D eigenvalue weighted by Crippen LogP contribution is 2.49. The molecule has 10 nitrogen and oxygen atoms in total. The minimum atomic E-state index is -0.715. The highest BCUT2D eigenvalue weighted by atomic mass is 32.2. The van der Waals surface area contributed by atoms with Crippen molar-refractivity contribution in [2.75, 3.05) is 40.4 Å². The number of para-hydroxylation sites is 1. The number of carbonyl (C=O) groups excluding carboxylic acids is 3. The predicted molar refractivity (Wildman–Crippen MR) is 149 cm³/mol. The molecule has 11 heteroatoms. The van der Waals surface area contributed by atoms with E-state index >= 15 is 0 Å². The van der Waals surface area contributed by atoms with E-state index in [4.69, 9.17) is 19.2 Å². The Kier molecular flexibility index (Phi) is 8.29. The molecule has 210 valence electrons. The maximum atomic E-state index is 13.6. The summed E-state index contributed by atoms with van der Waals surface area (Å²) in [6, 6.07) is 4.87. The van der Waals surface area contributed by atoms with Crippen LogP contribution in [0.3, 0.4) is 0 Å². The van der Waals surface area contributed by atoms with Gasteiger partial charge in [-0.3, -0.25) is 9.59 Å². The summed E-state index contributed by atoms with van der Waals surface area (Å²) >= 11 is 1.41. The summed E-state index contributed by atoms with van der Waals surface area (Å²) in [6.45, 7) is 10.8. The second kappa shape index (κ2) is 11.3. The van der Waals surface area contributed by atoms with Gasteiger partial charge in [0, 0.05) is 44.4 Å². The molecular formula is C28H36N4O6S. The summed E-state index contributed by atoms with van der Waals surface area (Å²) in [5.74, 6) is 0.492. The first-order chi connectivity index (χ1) is 18.4. The van der Waals surface area contributed by atoms with Crippen molar-refractivity contribution in [3.8, 4) is 11.5 Å². The summed E-state index contributed by atoms with van der Waals surface area (Å²) in [7, 11) is 3.12. The zero-order valence-corrected chi connectivity index (χ0v) is 24.4. The first kappa shape index (κ1) is 28.5. The number of nitrogens with zero attached hydrogens (tertiary/aromatic N) is 4. The summed E-state index contributed by atoms with van der Waals surface area (Å²) in [4.78, 5) is 48.9. The summed E-state index contributed by atoms with van der Waals surface area (Å²) in [5.41, 5.74) is 1.62. The molecule has 0 N–H and O–H groups in total. The maximum absolute atomic E-state index is 13.6. The van der Waals surface area contributed by atoms with Crippen molar-refractivity contribution in [1.82, 2.24) is 14.7 Å². The summed E-state index contributed by atoms with van der Waals surface area (Å²) in [5, 5.41) is 2.58. The standard InChI is InChI=1S/C28H36N4O6S/c1-17-23(26(35)38-28(3,4)5)24(20-9-8-10-21(36-6)25(20)37-7)32-19(16-39-27(32)29-17)15-22(34)31-13-11-30(12-14-31)18(2)33/h8-10,16,24H,11-15H2,1-7H3/t24-/m1/s1. The minimum Gasteiger partial charge on any atom is -0.493 e. The number of rotatable bonds is 6. The van der Waals surface area contributed by atoms with E-state index in [0.29, 0.717) is 59.7 Å². The van der Waals surface area contributed by atoms with Crippen molar-refractivity contribution in [2.45, 2.75) is 52.7 Å². The molecule has 39 heavy (non-hydrogen) atoms. The van der Waals surface area contributed by atoms with Crippen LogP contribution < -0.4 is 9.47 Å². The van der Waals surface area contributed by atoms with Gasteiger partial charge in [-0.05, 0) is 39.2 Å². The van der Waals surface area contributed by atoms with E-state index in [1.54, 1.807) is 43.9 Å². The van der Waals surface area contributed by atoms with Gasteiger partial charge in [-0.2, -0.15) is 0 Å². The Bertz CT molecular complexity index is 1260. The SMILES string of the molecule is COc1cccc([C@@H]2C(C(=O)OC(C)(C)C)=C(C)N=C3SC=C(CC(=O)N4CCN(C(C)=O)CC4)N32)c1OC. The van der Waals surface area contributed by atoms with Gasteiger partial charge in [0.15, 0.2) is 16.7 Å². The number of hydrogen-bond acceptors (Lipinski definition) is 9. The number of ether oxygens (including phenoxy) is 3. The van der Waals surface area contributed by atoms with Gasteiger partial charge in [0.05, 0.1) is 38.0 Å². The van der Waals surface area contributed by atoms with E-state index in [9.17, 15) is 14.4 Å². The molecule has 0 saturated carbocycles. The number of esters is 1. The third-order valence-electron chi connectivity index (χ3n) is 6.76. The molecule has 0 aliphatic carbocycles. The molecule has 0 unspecified atom stereocenters. The van der Waals surface area contributed by atoms with Crippen molar-refractivity contribution in [3.05, 3.63) is 46.1 Å². The molecule has 0 spiro atoms. The van der Waals surface area contributed by atoms with Crippen LogP contribution in [0.2, 0.25) is 0 Å². The van der Waals surface area contributed by atoms with Gasteiger partial charge in [-0.25, -0.2) is 9.79 Å². The lowest BCUT2D eigenvalue weighted by molar-refractivity contribution is -0.150. The monoisotopic (exact) mass is 556 g/mol. The van der Waals surface area contributed by atoms with Crippen molar-refractivity contribution in [3.63, 3.8) is 0 Å². The molecule has 2 amide bonds. The number of fused-ring (bicyclic) bond motifs is 1. The fraction of sp³-hybridized carbons (Fsp3) is 0.500. The zero-order chi connectivity index (χ0) is 28.5. The van der Waals surface area contributed by atoms with Gasteiger partial charge in [-0.1, -0.05) is 23.9 Å². The van der Waals surface area contributed by atoms with E-state index < -0.39 is 17.6 Å². The number of thioether (sulfide) groups is 1. The Morgan fingerprint density at radius 1 is 1.05 bits per heavy atom. The lowest BCUT2D eigenvalue weighted by Crippen LogP contribution is -2.50. The number of amidine groups is 1. The highest BCUT2D eigenvalue weighted by molar-refractivity contribution is 8.16. The molecular weight excluding hydrogens is 520 g/mol. The van der Waals surface area contributed by atoms with Crippen LogP contribution in [0.15, 0.2) is 45.6 Å². The zero-order valence-electron chi connectivity index (χ0n) is 23.6. The molecule has 1 aromatic rings. The lowest BCUT2D eigenvalue weighted by Gasteiger charge is -2.38. The number of allylic oxidation sites excluding steroid dienone is 1. The second-order valence-electron chi connectivity index (χ2n) is 10.5. The third-order valence-corrected chi connectivity index (χ3v) is 7.65. The van der Waals surface area contributed by atoms with Crippen LogP contribution in [0.25, 0.3) is 0 Å². The van der Waals surface area contributed by atoms with E-state index in [1.807, 2.05) is 43.2 Å². The van der Waals surface area contributed by atoms with Crippen molar-refractivity contribution >= 4 is 34.7 Å². The molecule has 1 saturated heterocycles. The predicted octanol–water partition coefficient (Wildman–Crippen LogP) is 3.70. The Morgan fingerprint density at radius 3 is 2.31 bits per heavy atom. The van der Waals surface area contributed by atoms with Crippen LogP contribution in [0.4, 0.5) is 0 Å². The summed E-state index contributed by atoms with van der Waals surface area (Å²) < 4.78 is 17.2. The number of carbonyl (C=O) groups is 3. The number of piperazine rings is 1. The number of methoxy groups -OCH3 is 2. The number of hydrogen-bond donors (Lipinski definition) is 0. The van der Waals surface area contributed by atoms with Crippen molar-refractivity contribution in [1.29, 1.82) is 0 Å². The number of benzene rings is 1. The van der Waals surface area contributed by atoms with E-state index in [-0.39, 0.29) is 18.2 Å². The average molecular weight is 557 g/mol.